The lowest BCUT2D eigenvalue weighted by molar-refractivity contribution is 0.623. The van der Waals surface area contributed by atoms with Gasteiger partial charge in [0.25, 0.3) is 0 Å². The molecule has 0 atom stereocenters. The first kappa shape index (κ1) is 33.2. The second-order valence-electron chi connectivity index (χ2n) is 15.5. The molecule has 2 heteroatoms. The minimum atomic E-state index is -0.578. The van der Waals surface area contributed by atoms with Crippen molar-refractivity contribution in [3.05, 3.63) is 269 Å². The number of hydrogen-bond acceptors (Lipinski definition) is 2. The van der Waals surface area contributed by atoms with Gasteiger partial charge in [0.2, 0.25) is 0 Å². The van der Waals surface area contributed by atoms with Crippen LogP contribution in [0.1, 0.15) is 44.5 Å². The van der Waals surface area contributed by atoms with Gasteiger partial charge in [-0.15, -0.1) is 11.3 Å². The van der Waals surface area contributed by atoms with Crippen molar-refractivity contribution < 1.29 is 0 Å². The van der Waals surface area contributed by atoms with Crippen molar-refractivity contribution in [1.82, 2.24) is 0 Å². The van der Waals surface area contributed by atoms with Crippen molar-refractivity contribution in [3.8, 4) is 11.1 Å². The quantitative estimate of drug-likeness (QED) is 0.169. The highest BCUT2D eigenvalue weighted by Gasteiger charge is 2.56. The highest BCUT2D eigenvalue weighted by Crippen LogP contribution is 2.65. The first-order valence-electron chi connectivity index (χ1n) is 20.1. The van der Waals surface area contributed by atoms with Crippen LogP contribution in [0, 0.1) is 0 Å². The van der Waals surface area contributed by atoms with Crippen LogP contribution >= 0.6 is 11.3 Å². The minimum absolute atomic E-state index is 0.540. The van der Waals surface area contributed by atoms with Crippen LogP contribution in [0.15, 0.2) is 224 Å². The first-order chi connectivity index (χ1) is 28.8. The van der Waals surface area contributed by atoms with E-state index in [9.17, 15) is 0 Å². The van der Waals surface area contributed by atoms with Gasteiger partial charge < -0.3 is 4.90 Å². The molecule has 1 heterocycles. The van der Waals surface area contributed by atoms with Gasteiger partial charge in [0.1, 0.15) is 0 Å². The molecule has 1 nitrogen and oxygen atoms in total. The van der Waals surface area contributed by atoms with Crippen molar-refractivity contribution in [2.24, 2.45) is 0 Å². The molecule has 10 aromatic rings. The number of rotatable bonds is 5. The number of nitrogens with zero attached hydrogens (tertiary/aromatic N) is 1. The molecule has 0 aliphatic heterocycles. The number of para-hydroxylation sites is 1. The number of hydrogen-bond donors (Lipinski definition) is 0. The summed E-state index contributed by atoms with van der Waals surface area (Å²) in [6.45, 7) is 0. The maximum absolute atomic E-state index is 2.52. The monoisotopic (exact) mass is 755 g/mol. The zero-order valence-electron chi connectivity index (χ0n) is 31.7. The average Bonchev–Trinajstić information content (AvgIpc) is 3.82. The molecule has 1 aromatic heterocycles. The molecule has 1 spiro atoms. The Morgan fingerprint density at radius 2 is 0.828 bits per heavy atom. The molecular formula is C56H37NS. The number of fused-ring (bicyclic) bond motifs is 12. The Morgan fingerprint density at radius 1 is 0.328 bits per heavy atom. The predicted octanol–water partition coefficient (Wildman–Crippen LogP) is 14.6. The summed E-state index contributed by atoms with van der Waals surface area (Å²) in [6, 6.07) is 83.8. The smallest absolute Gasteiger partial charge is 0.0720 e. The Morgan fingerprint density at radius 3 is 1.48 bits per heavy atom. The second kappa shape index (κ2) is 12.8. The highest BCUT2D eigenvalue weighted by molar-refractivity contribution is 7.26. The van der Waals surface area contributed by atoms with Crippen LogP contribution in [-0.2, 0) is 10.8 Å². The number of thiophene rings is 1. The van der Waals surface area contributed by atoms with Gasteiger partial charge in [-0.1, -0.05) is 182 Å². The van der Waals surface area contributed by atoms with Gasteiger partial charge >= 0.3 is 0 Å². The normalized spacial score (nSPS) is 14.1. The molecule has 58 heavy (non-hydrogen) atoms. The van der Waals surface area contributed by atoms with E-state index < -0.39 is 10.8 Å². The molecule has 272 valence electrons. The molecule has 2 aliphatic carbocycles. The molecular weight excluding hydrogens is 719 g/mol. The zero-order valence-corrected chi connectivity index (χ0v) is 32.5. The van der Waals surface area contributed by atoms with E-state index in [1.165, 1.54) is 81.5 Å². The molecule has 0 N–H and O–H groups in total. The van der Waals surface area contributed by atoms with Crippen LogP contribution in [0.4, 0.5) is 17.1 Å². The average molecular weight is 756 g/mol. The summed E-state index contributed by atoms with van der Waals surface area (Å²) in [4.78, 5) is 2.48. The molecule has 0 radical (unpaired) electrons. The van der Waals surface area contributed by atoms with Crippen molar-refractivity contribution >= 4 is 48.6 Å². The van der Waals surface area contributed by atoms with Crippen molar-refractivity contribution in [2.45, 2.75) is 10.8 Å². The summed E-state index contributed by atoms with van der Waals surface area (Å²) >= 11 is 1.87. The Kier molecular flexibility index (Phi) is 7.30. The molecule has 0 unspecified atom stereocenters. The van der Waals surface area contributed by atoms with Gasteiger partial charge in [0.15, 0.2) is 0 Å². The first-order valence-corrected chi connectivity index (χ1v) is 20.9. The minimum Gasteiger partial charge on any atom is -0.310 e. The number of anilines is 3. The fourth-order valence-corrected chi connectivity index (χ4v) is 11.8. The van der Waals surface area contributed by atoms with Gasteiger partial charge in [-0.25, -0.2) is 0 Å². The predicted molar refractivity (Wildman–Crippen MR) is 243 cm³/mol. The van der Waals surface area contributed by atoms with Crippen molar-refractivity contribution in [2.75, 3.05) is 4.90 Å². The molecule has 0 amide bonds. The molecule has 0 fully saturated rings. The van der Waals surface area contributed by atoms with Crippen molar-refractivity contribution in [3.63, 3.8) is 0 Å². The van der Waals surface area contributed by atoms with Crippen LogP contribution in [0.3, 0.4) is 0 Å². The lowest BCUT2D eigenvalue weighted by Crippen LogP contribution is -2.44. The summed E-state index contributed by atoms with van der Waals surface area (Å²) < 4.78 is 2.59. The van der Waals surface area contributed by atoms with Gasteiger partial charge in [-0.2, -0.15) is 0 Å². The Hall–Kier alpha value is -7.00. The van der Waals surface area contributed by atoms with E-state index in [0.29, 0.717) is 0 Å². The Bertz CT molecular complexity index is 3090. The molecule has 9 aromatic carbocycles. The van der Waals surface area contributed by atoms with Crippen LogP contribution in [0.2, 0.25) is 0 Å². The van der Waals surface area contributed by atoms with E-state index >= 15 is 0 Å². The summed E-state index contributed by atoms with van der Waals surface area (Å²) in [5.74, 6) is 0. The fraction of sp³-hybridized carbons (Fsp3) is 0.0357. The van der Waals surface area contributed by atoms with E-state index in [4.69, 9.17) is 0 Å². The van der Waals surface area contributed by atoms with E-state index in [1.807, 2.05) is 11.3 Å². The van der Waals surface area contributed by atoms with Gasteiger partial charge in [-0.3, -0.25) is 0 Å². The standard InChI is InChI=1S/C56H37NS/c1-4-19-38(20-5-1)55(39-21-6-2-7-22-39)46-28-13-15-30-48(46)56(49-31-16-14-29-47(49)55)45-27-12-10-25-42(45)43-36-35-41(37-50(43)56)57(40-23-8-3-9-24-40)51-32-18-34-53-54(51)44-26-11-17-33-52(44)58-53/h1-37H. The largest absolute Gasteiger partial charge is 0.310 e. The summed E-state index contributed by atoms with van der Waals surface area (Å²) in [6.07, 6.45) is 0. The third-order valence-electron chi connectivity index (χ3n) is 12.8. The topological polar surface area (TPSA) is 3.24 Å². The third kappa shape index (κ3) is 4.41. The molecule has 0 saturated carbocycles. The Balaban J connectivity index is 1.20. The van der Waals surface area contributed by atoms with Gasteiger partial charge in [0, 0.05) is 31.5 Å². The van der Waals surface area contributed by atoms with E-state index in [2.05, 4.69) is 229 Å². The van der Waals surface area contributed by atoms with E-state index in [1.54, 1.807) is 0 Å². The van der Waals surface area contributed by atoms with Crippen molar-refractivity contribution in [1.29, 1.82) is 0 Å². The SMILES string of the molecule is c1ccc(N(c2ccc3c(c2)C2(c4ccccc4-3)c3ccccc3C(c3ccccc3)(c3ccccc3)c3ccccc32)c2cccc3sc4ccccc4c23)cc1. The van der Waals surface area contributed by atoms with Gasteiger partial charge in [0.05, 0.1) is 16.5 Å². The maximum Gasteiger partial charge on any atom is 0.0720 e. The summed E-state index contributed by atoms with van der Waals surface area (Å²) in [5, 5.41) is 2.58. The zero-order chi connectivity index (χ0) is 38.3. The van der Waals surface area contributed by atoms with Crippen LogP contribution in [0.25, 0.3) is 31.3 Å². The second-order valence-corrected chi connectivity index (χ2v) is 16.6. The van der Waals surface area contributed by atoms with Crippen LogP contribution < -0.4 is 4.90 Å². The molecule has 0 saturated heterocycles. The third-order valence-corrected chi connectivity index (χ3v) is 13.9. The maximum atomic E-state index is 2.52. The molecule has 2 aliphatic rings. The fourth-order valence-electron chi connectivity index (χ4n) is 10.7. The van der Waals surface area contributed by atoms with Crippen LogP contribution in [0.5, 0.6) is 0 Å². The van der Waals surface area contributed by atoms with E-state index in [-0.39, 0.29) is 0 Å². The highest BCUT2D eigenvalue weighted by atomic mass is 32.1. The van der Waals surface area contributed by atoms with Gasteiger partial charge in [-0.05, 0) is 98.1 Å². The Labute approximate surface area is 342 Å². The lowest BCUT2D eigenvalue weighted by atomic mass is 9.51. The van der Waals surface area contributed by atoms with E-state index in [0.717, 1.165) is 11.4 Å². The summed E-state index contributed by atoms with van der Waals surface area (Å²) in [5.41, 5.74) is 15.3. The van der Waals surface area contributed by atoms with Crippen LogP contribution in [-0.4, -0.2) is 0 Å². The number of benzene rings is 9. The summed E-state index contributed by atoms with van der Waals surface area (Å²) in [7, 11) is 0. The molecule has 0 bridgehead atoms. The lowest BCUT2D eigenvalue weighted by Gasteiger charge is -2.50. The molecule has 12 rings (SSSR count).